The van der Waals surface area contributed by atoms with Crippen LogP contribution in [0.15, 0.2) is 47.6 Å². The molecule has 4 heteroatoms. The lowest BCUT2D eigenvalue weighted by molar-refractivity contribution is 0.354. The van der Waals surface area contributed by atoms with Crippen LogP contribution in [-0.4, -0.2) is 19.9 Å². The molecule has 0 heterocycles. The summed E-state index contributed by atoms with van der Waals surface area (Å²) in [7, 11) is 3.26. The van der Waals surface area contributed by atoms with Crippen LogP contribution in [-0.2, 0) is 6.54 Å². The van der Waals surface area contributed by atoms with E-state index in [4.69, 9.17) is 9.47 Å². The first-order valence-electron chi connectivity index (χ1n) is 7.19. The first kappa shape index (κ1) is 15.9. The minimum absolute atomic E-state index is 0.629. The summed E-state index contributed by atoms with van der Waals surface area (Å²) in [5.41, 5.74) is 7.50. The zero-order valence-electron chi connectivity index (χ0n) is 13.5. The van der Waals surface area contributed by atoms with Gasteiger partial charge in [-0.3, -0.25) is 0 Å². The molecule has 22 heavy (non-hydrogen) atoms. The lowest BCUT2D eigenvalue weighted by Crippen LogP contribution is -2.09. The van der Waals surface area contributed by atoms with Gasteiger partial charge in [-0.2, -0.15) is 5.10 Å². The standard InChI is InChI=1S/C18H22N2O2/c1-13-5-8-16(9-6-13)14(2)20-19-12-15-7-10-17(21-3)18(11-15)22-4/h5-11,19H,12H2,1-4H3/b20-14-. The van der Waals surface area contributed by atoms with E-state index in [1.54, 1.807) is 14.2 Å². The molecule has 2 aromatic rings. The first-order valence-corrected chi connectivity index (χ1v) is 7.19. The Kier molecular flexibility index (Phi) is 5.42. The van der Waals surface area contributed by atoms with Crippen molar-refractivity contribution in [3.8, 4) is 11.5 Å². The van der Waals surface area contributed by atoms with Gasteiger partial charge in [0.15, 0.2) is 11.5 Å². The third kappa shape index (κ3) is 4.01. The normalized spacial score (nSPS) is 11.2. The van der Waals surface area contributed by atoms with E-state index in [2.05, 4.69) is 41.7 Å². The minimum Gasteiger partial charge on any atom is -0.493 e. The summed E-state index contributed by atoms with van der Waals surface area (Å²) >= 11 is 0. The molecule has 0 aliphatic carbocycles. The maximum Gasteiger partial charge on any atom is 0.161 e. The smallest absolute Gasteiger partial charge is 0.161 e. The van der Waals surface area contributed by atoms with Gasteiger partial charge in [0, 0.05) is 0 Å². The maximum absolute atomic E-state index is 5.30. The number of aryl methyl sites for hydroxylation is 1. The maximum atomic E-state index is 5.30. The highest BCUT2D eigenvalue weighted by Gasteiger charge is 2.04. The van der Waals surface area contributed by atoms with Gasteiger partial charge in [0.1, 0.15) is 0 Å². The molecule has 0 amide bonds. The highest BCUT2D eigenvalue weighted by atomic mass is 16.5. The second-order valence-corrected chi connectivity index (χ2v) is 5.09. The van der Waals surface area contributed by atoms with Crippen molar-refractivity contribution in [2.75, 3.05) is 14.2 Å². The summed E-state index contributed by atoms with van der Waals surface area (Å²) in [5.74, 6) is 1.45. The molecule has 0 aliphatic heterocycles. The molecule has 0 atom stereocenters. The number of ether oxygens (including phenoxy) is 2. The number of benzene rings is 2. The topological polar surface area (TPSA) is 42.8 Å². The molecule has 0 saturated carbocycles. The van der Waals surface area contributed by atoms with Crippen molar-refractivity contribution in [3.05, 3.63) is 59.2 Å². The van der Waals surface area contributed by atoms with Crippen LogP contribution >= 0.6 is 0 Å². The summed E-state index contributed by atoms with van der Waals surface area (Å²) < 4.78 is 10.5. The van der Waals surface area contributed by atoms with Crippen molar-refractivity contribution in [2.45, 2.75) is 20.4 Å². The quantitative estimate of drug-likeness (QED) is 0.655. The number of nitrogens with one attached hydrogen (secondary N) is 1. The average molecular weight is 298 g/mol. The van der Waals surface area contributed by atoms with Gasteiger partial charge in [-0.25, -0.2) is 0 Å². The van der Waals surface area contributed by atoms with Gasteiger partial charge in [-0.15, -0.1) is 0 Å². The highest BCUT2D eigenvalue weighted by molar-refractivity contribution is 5.98. The third-order valence-electron chi connectivity index (χ3n) is 3.45. The second kappa shape index (κ2) is 7.50. The van der Waals surface area contributed by atoms with Crippen LogP contribution < -0.4 is 14.9 Å². The summed E-state index contributed by atoms with van der Waals surface area (Å²) in [5, 5.41) is 4.41. The van der Waals surface area contributed by atoms with Gasteiger partial charge in [0.2, 0.25) is 0 Å². The van der Waals surface area contributed by atoms with Crippen molar-refractivity contribution in [3.63, 3.8) is 0 Å². The average Bonchev–Trinajstić information content (AvgIpc) is 2.55. The first-order chi connectivity index (χ1) is 10.6. The molecule has 2 rings (SSSR count). The van der Waals surface area contributed by atoms with Crippen molar-refractivity contribution in [1.82, 2.24) is 5.43 Å². The predicted molar refractivity (Wildman–Crippen MR) is 89.8 cm³/mol. The van der Waals surface area contributed by atoms with Crippen molar-refractivity contribution in [1.29, 1.82) is 0 Å². The molecule has 0 aliphatic rings. The Hall–Kier alpha value is -2.49. The molecule has 0 radical (unpaired) electrons. The van der Waals surface area contributed by atoms with E-state index in [0.29, 0.717) is 6.54 Å². The molecule has 0 fully saturated rings. The van der Waals surface area contributed by atoms with Gasteiger partial charge in [0.05, 0.1) is 26.5 Å². The largest absolute Gasteiger partial charge is 0.493 e. The number of methoxy groups -OCH3 is 2. The lowest BCUT2D eigenvalue weighted by atomic mass is 10.1. The van der Waals surface area contributed by atoms with Crippen LogP contribution in [0.5, 0.6) is 11.5 Å². The fourth-order valence-electron chi connectivity index (χ4n) is 2.10. The number of hydrogen-bond donors (Lipinski definition) is 1. The Bertz CT molecular complexity index is 649. The van der Waals surface area contributed by atoms with Gasteiger partial charge in [-0.05, 0) is 37.1 Å². The molecule has 0 spiro atoms. The molecule has 4 nitrogen and oxygen atoms in total. The number of nitrogens with zero attached hydrogens (tertiary/aromatic N) is 1. The predicted octanol–water partition coefficient (Wildman–Crippen LogP) is 3.53. The van der Waals surface area contributed by atoms with Crippen molar-refractivity contribution < 1.29 is 9.47 Å². The van der Waals surface area contributed by atoms with E-state index in [-0.39, 0.29) is 0 Å². The monoisotopic (exact) mass is 298 g/mol. The zero-order chi connectivity index (χ0) is 15.9. The summed E-state index contributed by atoms with van der Waals surface area (Å²) in [6.07, 6.45) is 0. The van der Waals surface area contributed by atoms with E-state index < -0.39 is 0 Å². The zero-order valence-corrected chi connectivity index (χ0v) is 13.5. The summed E-state index contributed by atoms with van der Waals surface area (Å²) in [4.78, 5) is 0. The lowest BCUT2D eigenvalue weighted by Gasteiger charge is -2.09. The Morgan fingerprint density at radius 1 is 1.00 bits per heavy atom. The molecule has 0 saturated heterocycles. The molecule has 1 N–H and O–H groups in total. The Morgan fingerprint density at radius 2 is 1.68 bits per heavy atom. The molecule has 0 aromatic heterocycles. The molecular weight excluding hydrogens is 276 g/mol. The SMILES string of the molecule is COc1ccc(CN/N=C(/C)c2ccc(C)cc2)cc1OC. The number of rotatable bonds is 6. The van der Waals surface area contributed by atoms with E-state index in [0.717, 1.165) is 28.3 Å². The summed E-state index contributed by atoms with van der Waals surface area (Å²) in [6, 6.07) is 14.2. The molecular formula is C18H22N2O2. The van der Waals surface area contributed by atoms with Gasteiger partial charge in [0.25, 0.3) is 0 Å². The van der Waals surface area contributed by atoms with E-state index >= 15 is 0 Å². The Labute approximate surface area is 131 Å². The number of hydrazone groups is 1. The van der Waals surface area contributed by atoms with Crippen LogP contribution in [0.2, 0.25) is 0 Å². The van der Waals surface area contributed by atoms with E-state index in [1.807, 2.05) is 25.1 Å². The van der Waals surface area contributed by atoms with Crippen LogP contribution in [0.1, 0.15) is 23.6 Å². The van der Waals surface area contributed by atoms with E-state index in [1.165, 1.54) is 5.56 Å². The fourth-order valence-corrected chi connectivity index (χ4v) is 2.10. The van der Waals surface area contributed by atoms with Gasteiger partial charge in [-0.1, -0.05) is 35.9 Å². The summed E-state index contributed by atoms with van der Waals surface area (Å²) in [6.45, 7) is 4.70. The van der Waals surface area contributed by atoms with Gasteiger partial charge < -0.3 is 14.9 Å². The highest BCUT2D eigenvalue weighted by Crippen LogP contribution is 2.27. The van der Waals surface area contributed by atoms with Gasteiger partial charge >= 0.3 is 0 Å². The van der Waals surface area contributed by atoms with Crippen LogP contribution in [0.4, 0.5) is 0 Å². The van der Waals surface area contributed by atoms with Crippen LogP contribution in [0, 0.1) is 6.92 Å². The van der Waals surface area contributed by atoms with Crippen molar-refractivity contribution in [2.24, 2.45) is 5.10 Å². The van der Waals surface area contributed by atoms with Crippen molar-refractivity contribution >= 4 is 5.71 Å². The third-order valence-corrected chi connectivity index (χ3v) is 3.45. The Balaban J connectivity index is 2.00. The molecule has 0 unspecified atom stereocenters. The second-order valence-electron chi connectivity index (χ2n) is 5.09. The molecule has 2 aromatic carbocycles. The number of hydrogen-bond acceptors (Lipinski definition) is 4. The van der Waals surface area contributed by atoms with Crippen LogP contribution in [0.25, 0.3) is 0 Å². The fraction of sp³-hybridized carbons (Fsp3) is 0.278. The Morgan fingerprint density at radius 3 is 2.32 bits per heavy atom. The molecule has 0 bridgehead atoms. The molecule has 116 valence electrons. The van der Waals surface area contributed by atoms with E-state index in [9.17, 15) is 0 Å². The van der Waals surface area contributed by atoms with Crippen LogP contribution in [0.3, 0.4) is 0 Å². The minimum atomic E-state index is 0.629.